The Kier molecular flexibility index (Phi) is 11.9. The minimum atomic E-state index is 0.275. The third-order valence-corrected chi connectivity index (χ3v) is 3.63. The third kappa shape index (κ3) is 10.8. The van der Waals surface area contributed by atoms with Gasteiger partial charge in [0, 0.05) is 6.61 Å². The van der Waals surface area contributed by atoms with Crippen LogP contribution in [0.4, 0.5) is 0 Å². The van der Waals surface area contributed by atoms with Gasteiger partial charge in [0.25, 0.3) is 0 Å². The fraction of sp³-hybridized carbons (Fsp3) is 0.524. The molecule has 0 atom stereocenters. The van der Waals surface area contributed by atoms with Crippen LogP contribution in [-0.4, -0.2) is 11.7 Å². The Morgan fingerprint density at radius 2 is 1.35 bits per heavy atom. The fourth-order valence-corrected chi connectivity index (χ4v) is 2.26. The average Bonchev–Trinajstić information content (AvgIpc) is 3.01. The van der Waals surface area contributed by atoms with Crippen molar-refractivity contribution in [2.45, 2.75) is 64.7 Å². The van der Waals surface area contributed by atoms with Crippen molar-refractivity contribution in [3.05, 3.63) is 48.0 Å². The molecular formula is C21H32O2. The Bertz CT molecular complexity index is 466. The second-order valence-electron chi connectivity index (χ2n) is 5.81. The summed E-state index contributed by atoms with van der Waals surface area (Å²) in [5.74, 6) is 1.80. The zero-order valence-electron chi connectivity index (χ0n) is 14.5. The van der Waals surface area contributed by atoms with E-state index in [0.717, 1.165) is 43.6 Å². The van der Waals surface area contributed by atoms with Crippen molar-refractivity contribution in [1.82, 2.24) is 0 Å². The number of unbranched alkanes of at least 4 members (excludes halogenated alkanes) is 6. The molecule has 0 aliphatic carbocycles. The van der Waals surface area contributed by atoms with E-state index < -0.39 is 0 Å². The second kappa shape index (κ2) is 14.1. The molecular weight excluding hydrogens is 284 g/mol. The minimum absolute atomic E-state index is 0.275. The summed E-state index contributed by atoms with van der Waals surface area (Å²) in [7, 11) is 0. The van der Waals surface area contributed by atoms with Crippen molar-refractivity contribution in [2.24, 2.45) is 0 Å². The van der Waals surface area contributed by atoms with Crippen LogP contribution >= 0.6 is 0 Å². The molecule has 0 amide bonds. The van der Waals surface area contributed by atoms with E-state index in [1.807, 2.05) is 24.3 Å². The molecule has 0 bridgehead atoms. The van der Waals surface area contributed by atoms with Gasteiger partial charge in [-0.25, -0.2) is 0 Å². The Balaban J connectivity index is 2.17. The molecule has 0 aromatic carbocycles. The molecule has 1 rings (SSSR count). The maximum atomic E-state index is 8.72. The van der Waals surface area contributed by atoms with Gasteiger partial charge in [-0.15, -0.1) is 0 Å². The molecule has 0 aliphatic rings. The van der Waals surface area contributed by atoms with Crippen LogP contribution in [0.2, 0.25) is 0 Å². The summed E-state index contributed by atoms with van der Waals surface area (Å²) in [5.41, 5.74) is 0. The van der Waals surface area contributed by atoms with Gasteiger partial charge in [0.2, 0.25) is 0 Å². The second-order valence-corrected chi connectivity index (χ2v) is 5.81. The number of aliphatic hydroxyl groups is 1. The highest BCUT2D eigenvalue weighted by Crippen LogP contribution is 2.13. The van der Waals surface area contributed by atoms with E-state index in [1.165, 1.54) is 25.7 Å². The van der Waals surface area contributed by atoms with Crippen molar-refractivity contribution >= 4 is 12.2 Å². The number of furan rings is 1. The van der Waals surface area contributed by atoms with Crippen molar-refractivity contribution in [3.8, 4) is 0 Å². The first-order valence-corrected chi connectivity index (χ1v) is 9.05. The summed E-state index contributed by atoms with van der Waals surface area (Å²) in [6.07, 6.45) is 23.1. The monoisotopic (exact) mass is 316 g/mol. The minimum Gasteiger partial charge on any atom is -0.457 e. The molecule has 1 aromatic heterocycles. The van der Waals surface area contributed by atoms with Crippen LogP contribution in [0.1, 0.15) is 76.2 Å². The fourth-order valence-electron chi connectivity index (χ4n) is 2.26. The quantitative estimate of drug-likeness (QED) is 0.338. The predicted molar refractivity (Wildman–Crippen MR) is 100 cm³/mol. The highest BCUT2D eigenvalue weighted by molar-refractivity contribution is 5.49. The number of hydrogen-bond acceptors (Lipinski definition) is 2. The van der Waals surface area contributed by atoms with Gasteiger partial charge in [0.05, 0.1) is 0 Å². The smallest absolute Gasteiger partial charge is 0.127 e. The van der Waals surface area contributed by atoms with Gasteiger partial charge in [-0.05, 0) is 69.2 Å². The van der Waals surface area contributed by atoms with Crippen LogP contribution in [0.5, 0.6) is 0 Å². The zero-order valence-corrected chi connectivity index (χ0v) is 14.5. The van der Waals surface area contributed by atoms with Gasteiger partial charge in [-0.1, -0.05) is 44.1 Å². The molecule has 0 radical (unpaired) electrons. The standard InChI is InChI=1S/C21H32O2/c1-2-3-4-5-6-7-8-9-12-15-20-17-18-21(23-20)16-13-10-11-14-19-22/h6-7,12-13,15-18,22H,2-5,8-11,14,19H2,1H3. The Morgan fingerprint density at radius 1 is 0.783 bits per heavy atom. The number of aliphatic hydroxyl groups excluding tert-OH is 1. The first-order chi connectivity index (χ1) is 11.4. The highest BCUT2D eigenvalue weighted by Gasteiger charge is 1.94. The summed E-state index contributed by atoms with van der Waals surface area (Å²) >= 11 is 0. The first-order valence-electron chi connectivity index (χ1n) is 9.05. The van der Waals surface area contributed by atoms with Crippen molar-refractivity contribution < 1.29 is 9.52 Å². The third-order valence-electron chi connectivity index (χ3n) is 3.63. The van der Waals surface area contributed by atoms with Gasteiger partial charge in [0.1, 0.15) is 11.5 Å². The summed E-state index contributed by atoms with van der Waals surface area (Å²) in [4.78, 5) is 0. The number of allylic oxidation sites excluding steroid dienone is 4. The average molecular weight is 316 g/mol. The normalized spacial score (nSPS) is 12.3. The van der Waals surface area contributed by atoms with Crippen LogP contribution in [0, 0.1) is 0 Å². The summed E-state index contributed by atoms with van der Waals surface area (Å²) in [5, 5.41) is 8.72. The molecule has 0 aliphatic heterocycles. The van der Waals surface area contributed by atoms with E-state index in [2.05, 4.69) is 31.2 Å². The summed E-state index contributed by atoms with van der Waals surface area (Å²) in [6.45, 7) is 2.51. The summed E-state index contributed by atoms with van der Waals surface area (Å²) < 4.78 is 5.72. The molecule has 0 saturated heterocycles. The molecule has 1 N–H and O–H groups in total. The van der Waals surface area contributed by atoms with Gasteiger partial charge in [-0.2, -0.15) is 0 Å². The van der Waals surface area contributed by atoms with Crippen LogP contribution in [0.3, 0.4) is 0 Å². The van der Waals surface area contributed by atoms with Crippen LogP contribution < -0.4 is 0 Å². The molecule has 128 valence electrons. The Morgan fingerprint density at radius 3 is 2.04 bits per heavy atom. The lowest BCUT2D eigenvalue weighted by molar-refractivity contribution is 0.285. The van der Waals surface area contributed by atoms with Gasteiger partial charge in [-0.3, -0.25) is 0 Å². The number of hydrogen-bond donors (Lipinski definition) is 1. The van der Waals surface area contributed by atoms with Crippen LogP contribution in [0.25, 0.3) is 12.2 Å². The van der Waals surface area contributed by atoms with Crippen molar-refractivity contribution in [3.63, 3.8) is 0 Å². The zero-order chi connectivity index (χ0) is 16.6. The molecule has 2 nitrogen and oxygen atoms in total. The lowest BCUT2D eigenvalue weighted by Crippen LogP contribution is -1.79. The maximum Gasteiger partial charge on any atom is 0.127 e. The van der Waals surface area contributed by atoms with Gasteiger partial charge in [0.15, 0.2) is 0 Å². The van der Waals surface area contributed by atoms with Crippen LogP contribution in [-0.2, 0) is 0 Å². The molecule has 0 fully saturated rings. The first kappa shape index (κ1) is 19.5. The molecule has 0 spiro atoms. The van der Waals surface area contributed by atoms with Gasteiger partial charge < -0.3 is 9.52 Å². The highest BCUT2D eigenvalue weighted by atomic mass is 16.3. The Labute approximate surface area is 141 Å². The van der Waals surface area contributed by atoms with Gasteiger partial charge >= 0.3 is 0 Å². The SMILES string of the molecule is CCCCCC=CCCC=Cc1ccc(C=CCCCCO)o1. The van der Waals surface area contributed by atoms with E-state index in [-0.39, 0.29) is 6.61 Å². The predicted octanol–water partition coefficient (Wildman–Crippen LogP) is 6.39. The van der Waals surface area contributed by atoms with E-state index in [1.54, 1.807) is 0 Å². The van der Waals surface area contributed by atoms with E-state index in [4.69, 9.17) is 9.52 Å². The van der Waals surface area contributed by atoms with E-state index in [9.17, 15) is 0 Å². The molecule has 1 aromatic rings. The molecule has 0 unspecified atom stereocenters. The van der Waals surface area contributed by atoms with Crippen molar-refractivity contribution in [1.29, 1.82) is 0 Å². The maximum absolute atomic E-state index is 8.72. The molecule has 1 heterocycles. The topological polar surface area (TPSA) is 33.4 Å². The molecule has 2 heteroatoms. The molecule has 23 heavy (non-hydrogen) atoms. The Hall–Kier alpha value is -1.54. The molecule has 0 saturated carbocycles. The van der Waals surface area contributed by atoms with Crippen molar-refractivity contribution in [2.75, 3.05) is 6.61 Å². The lowest BCUT2D eigenvalue weighted by Gasteiger charge is -1.92. The lowest BCUT2D eigenvalue weighted by atomic mass is 10.2. The van der Waals surface area contributed by atoms with Crippen LogP contribution in [0.15, 0.2) is 40.9 Å². The largest absolute Gasteiger partial charge is 0.457 e. The van der Waals surface area contributed by atoms with E-state index in [0.29, 0.717) is 0 Å². The van der Waals surface area contributed by atoms with E-state index >= 15 is 0 Å². The number of rotatable bonds is 13. The summed E-state index contributed by atoms with van der Waals surface area (Å²) in [6, 6.07) is 4.00.